The lowest BCUT2D eigenvalue weighted by Crippen LogP contribution is -2.50. The summed E-state index contributed by atoms with van der Waals surface area (Å²) in [5, 5.41) is 3.43. The highest BCUT2D eigenvalue weighted by atomic mass is 35.5. The molecule has 0 aliphatic carbocycles. The molecule has 0 bridgehead atoms. The van der Waals surface area contributed by atoms with E-state index in [1.165, 1.54) is 12.1 Å². The molecule has 1 N–H and O–H groups in total. The number of likely N-dealkylation sites (tertiary alicyclic amines) is 2. The summed E-state index contributed by atoms with van der Waals surface area (Å²) in [6.07, 6.45) is 3.21. The Morgan fingerprint density at radius 2 is 1.80 bits per heavy atom. The van der Waals surface area contributed by atoms with E-state index in [1.807, 2.05) is 12.1 Å². The zero-order chi connectivity index (χ0) is 16.5. The first kappa shape index (κ1) is 18.6. The van der Waals surface area contributed by atoms with Crippen molar-refractivity contribution in [1.82, 2.24) is 15.1 Å². The van der Waals surface area contributed by atoms with Crippen LogP contribution in [0.4, 0.5) is 4.39 Å². The van der Waals surface area contributed by atoms with Gasteiger partial charge in [0, 0.05) is 32.7 Å². The molecule has 6 heteroatoms. The number of rotatable bonds is 3. The number of carbonyl (C=O) groups excluding carboxylic acids is 1. The number of hydrogen-bond donors (Lipinski definition) is 1. The van der Waals surface area contributed by atoms with Gasteiger partial charge in [0.25, 0.3) is 0 Å². The van der Waals surface area contributed by atoms with Crippen LogP contribution in [-0.4, -0.2) is 54.5 Å². The number of amides is 1. The maximum Gasteiger partial charge on any atom is 0.239 e. The van der Waals surface area contributed by atoms with Crippen LogP contribution in [0.5, 0.6) is 0 Å². The predicted octanol–water partition coefficient (Wildman–Crippen LogP) is 2.28. The van der Waals surface area contributed by atoms with E-state index in [-0.39, 0.29) is 24.3 Å². The number of fused-ring (bicyclic) bond motifs is 1. The predicted molar refractivity (Wildman–Crippen MR) is 98.1 cm³/mol. The van der Waals surface area contributed by atoms with Gasteiger partial charge in [0.2, 0.25) is 5.91 Å². The van der Waals surface area contributed by atoms with Crippen molar-refractivity contribution in [1.29, 1.82) is 0 Å². The van der Waals surface area contributed by atoms with Crippen LogP contribution in [0.15, 0.2) is 24.3 Å². The van der Waals surface area contributed by atoms with Crippen molar-refractivity contribution in [2.24, 2.45) is 11.8 Å². The third-order valence-electron chi connectivity index (χ3n) is 5.90. The van der Waals surface area contributed by atoms with Gasteiger partial charge in [0.15, 0.2) is 0 Å². The molecule has 0 aromatic heterocycles. The van der Waals surface area contributed by atoms with Gasteiger partial charge < -0.3 is 10.2 Å². The summed E-state index contributed by atoms with van der Waals surface area (Å²) < 4.78 is 13.1. The second-order valence-electron chi connectivity index (χ2n) is 7.53. The van der Waals surface area contributed by atoms with E-state index in [4.69, 9.17) is 0 Å². The average Bonchev–Trinajstić information content (AvgIpc) is 3.19. The zero-order valence-corrected chi connectivity index (χ0v) is 15.3. The molecule has 4 nitrogen and oxygen atoms in total. The number of piperidine rings is 1. The molecule has 3 fully saturated rings. The first-order chi connectivity index (χ1) is 11.7. The minimum atomic E-state index is -0.206. The van der Waals surface area contributed by atoms with Crippen molar-refractivity contribution < 1.29 is 9.18 Å². The molecule has 0 spiro atoms. The van der Waals surface area contributed by atoms with Gasteiger partial charge >= 0.3 is 0 Å². The van der Waals surface area contributed by atoms with E-state index in [0.29, 0.717) is 17.7 Å². The fourth-order valence-electron chi connectivity index (χ4n) is 4.53. The minimum Gasteiger partial charge on any atom is -0.341 e. The first-order valence-electron chi connectivity index (χ1n) is 9.19. The van der Waals surface area contributed by atoms with E-state index >= 15 is 0 Å². The molecule has 25 heavy (non-hydrogen) atoms. The Labute approximate surface area is 155 Å². The molecule has 138 valence electrons. The fourth-order valence-corrected chi connectivity index (χ4v) is 4.53. The van der Waals surface area contributed by atoms with Crippen LogP contribution in [0.2, 0.25) is 0 Å². The standard InChI is InChI=1S/C19H26FN3O.ClH/c20-17-6-4-14(5-7-17)11-22-8-2-1-3-18(22)19(24)23-12-15-9-21-10-16(15)13-23;/h4-7,15-16,18,21H,1-3,8-13H2;1H/t15-,16+,18?;. The van der Waals surface area contributed by atoms with E-state index in [0.717, 1.165) is 64.1 Å². The number of nitrogens with one attached hydrogen (secondary N) is 1. The summed E-state index contributed by atoms with van der Waals surface area (Å²) in [5.74, 6) is 1.39. The quantitative estimate of drug-likeness (QED) is 0.890. The molecule has 0 radical (unpaired) electrons. The fraction of sp³-hybridized carbons (Fsp3) is 0.632. The highest BCUT2D eigenvalue weighted by Crippen LogP contribution is 2.29. The van der Waals surface area contributed by atoms with Crippen molar-refractivity contribution in [3.63, 3.8) is 0 Å². The maximum absolute atomic E-state index is 13.1. The largest absolute Gasteiger partial charge is 0.341 e. The van der Waals surface area contributed by atoms with Gasteiger partial charge in [-0.2, -0.15) is 0 Å². The zero-order valence-electron chi connectivity index (χ0n) is 14.5. The number of hydrogen-bond acceptors (Lipinski definition) is 3. The molecule has 3 atom stereocenters. The molecule has 3 aliphatic rings. The third kappa shape index (κ3) is 3.99. The molecule has 3 heterocycles. The highest BCUT2D eigenvalue weighted by molar-refractivity contribution is 5.85. The van der Waals surface area contributed by atoms with Crippen molar-refractivity contribution in [3.8, 4) is 0 Å². The molecule has 1 amide bonds. The molecule has 3 saturated heterocycles. The van der Waals surface area contributed by atoms with Crippen LogP contribution in [0.25, 0.3) is 0 Å². The smallest absolute Gasteiger partial charge is 0.239 e. The summed E-state index contributed by atoms with van der Waals surface area (Å²) in [6, 6.07) is 6.67. The Morgan fingerprint density at radius 3 is 2.48 bits per heavy atom. The SMILES string of the molecule is Cl.O=C(C1CCCCN1Cc1ccc(F)cc1)N1C[C@H]2CNC[C@H]2C1. The van der Waals surface area contributed by atoms with Crippen LogP contribution < -0.4 is 5.32 Å². The van der Waals surface area contributed by atoms with Gasteiger partial charge in [0.1, 0.15) is 5.82 Å². The van der Waals surface area contributed by atoms with E-state index < -0.39 is 0 Å². The van der Waals surface area contributed by atoms with Crippen molar-refractivity contribution >= 4 is 18.3 Å². The summed E-state index contributed by atoms with van der Waals surface area (Å²) in [7, 11) is 0. The number of nitrogens with zero attached hydrogens (tertiary/aromatic N) is 2. The number of carbonyl (C=O) groups is 1. The Bertz CT molecular complexity index is 585. The monoisotopic (exact) mass is 367 g/mol. The van der Waals surface area contributed by atoms with Crippen LogP contribution in [-0.2, 0) is 11.3 Å². The number of benzene rings is 1. The van der Waals surface area contributed by atoms with Crippen LogP contribution in [0.1, 0.15) is 24.8 Å². The van der Waals surface area contributed by atoms with Crippen molar-refractivity contribution in [2.45, 2.75) is 31.8 Å². The molecule has 0 saturated carbocycles. The second kappa shape index (κ2) is 8.02. The van der Waals surface area contributed by atoms with Gasteiger partial charge in [-0.25, -0.2) is 4.39 Å². The van der Waals surface area contributed by atoms with E-state index in [9.17, 15) is 9.18 Å². The van der Waals surface area contributed by atoms with Gasteiger partial charge in [-0.05, 0) is 48.9 Å². The summed E-state index contributed by atoms with van der Waals surface area (Å²) >= 11 is 0. The van der Waals surface area contributed by atoms with E-state index in [1.54, 1.807) is 0 Å². The van der Waals surface area contributed by atoms with Gasteiger partial charge in [0.05, 0.1) is 6.04 Å². The van der Waals surface area contributed by atoms with Crippen LogP contribution in [0.3, 0.4) is 0 Å². The third-order valence-corrected chi connectivity index (χ3v) is 5.90. The second-order valence-corrected chi connectivity index (χ2v) is 7.53. The van der Waals surface area contributed by atoms with Gasteiger partial charge in [-0.15, -0.1) is 12.4 Å². The minimum absolute atomic E-state index is 0. The summed E-state index contributed by atoms with van der Waals surface area (Å²) in [6.45, 7) is 5.63. The summed E-state index contributed by atoms with van der Waals surface area (Å²) in [5.41, 5.74) is 1.08. The Morgan fingerprint density at radius 1 is 1.12 bits per heavy atom. The van der Waals surface area contributed by atoms with E-state index in [2.05, 4.69) is 15.1 Å². The molecule has 1 aromatic rings. The number of halogens is 2. The first-order valence-corrected chi connectivity index (χ1v) is 9.19. The Kier molecular flexibility index (Phi) is 5.97. The maximum atomic E-state index is 13.1. The highest BCUT2D eigenvalue weighted by Gasteiger charge is 2.41. The molecule has 1 unspecified atom stereocenters. The molecule has 1 aromatic carbocycles. The lowest BCUT2D eigenvalue weighted by atomic mass is 10.00. The van der Waals surface area contributed by atoms with Crippen molar-refractivity contribution in [2.75, 3.05) is 32.7 Å². The average molecular weight is 368 g/mol. The molecule has 3 aliphatic heterocycles. The summed E-state index contributed by atoms with van der Waals surface area (Å²) in [4.78, 5) is 17.5. The molecule has 4 rings (SSSR count). The van der Waals surface area contributed by atoms with Gasteiger partial charge in [-0.1, -0.05) is 18.6 Å². The van der Waals surface area contributed by atoms with Crippen LogP contribution in [0, 0.1) is 17.7 Å². The van der Waals surface area contributed by atoms with Crippen LogP contribution >= 0.6 is 12.4 Å². The normalized spacial score (nSPS) is 29.3. The molecular formula is C19H27ClFN3O. The lowest BCUT2D eigenvalue weighted by molar-refractivity contribution is -0.137. The Hall–Kier alpha value is -1.17. The Balaban J connectivity index is 0.00000182. The van der Waals surface area contributed by atoms with Gasteiger partial charge in [-0.3, -0.25) is 9.69 Å². The molecular weight excluding hydrogens is 341 g/mol. The van der Waals surface area contributed by atoms with Crippen molar-refractivity contribution in [3.05, 3.63) is 35.6 Å². The topological polar surface area (TPSA) is 35.6 Å². The lowest BCUT2D eigenvalue weighted by Gasteiger charge is -2.37.